The Bertz CT molecular complexity index is 835. The third-order valence-corrected chi connectivity index (χ3v) is 4.51. The predicted octanol–water partition coefficient (Wildman–Crippen LogP) is 2.57. The standard InChI is InChI=1S/C21H25N3O3/c1-4-22-19(25)18-12-15-8-5-6-9-16(15)13-24(18)21(26)17-10-7-11-23-20(17)27-14(2)3/h5-11,14,18H,4,12-13H2,1-3H3,(H,22,25)/t18-/m1/s1. The smallest absolute Gasteiger partial charge is 0.260 e. The van der Waals surface area contributed by atoms with Crippen molar-refractivity contribution < 1.29 is 14.3 Å². The van der Waals surface area contributed by atoms with Gasteiger partial charge in [0.05, 0.1) is 6.10 Å². The molecule has 0 aliphatic carbocycles. The molecule has 0 bridgehead atoms. The molecule has 1 N–H and O–H groups in total. The van der Waals surface area contributed by atoms with Crippen LogP contribution in [0, 0.1) is 0 Å². The van der Waals surface area contributed by atoms with Crippen LogP contribution >= 0.6 is 0 Å². The number of likely N-dealkylation sites (N-methyl/N-ethyl adjacent to an activating group) is 1. The fourth-order valence-corrected chi connectivity index (χ4v) is 3.29. The first-order valence-corrected chi connectivity index (χ1v) is 9.28. The zero-order valence-corrected chi connectivity index (χ0v) is 15.9. The van der Waals surface area contributed by atoms with Crippen LogP contribution in [0.3, 0.4) is 0 Å². The maximum Gasteiger partial charge on any atom is 0.260 e. The number of hydrogen-bond acceptors (Lipinski definition) is 4. The fourth-order valence-electron chi connectivity index (χ4n) is 3.29. The average molecular weight is 367 g/mol. The van der Waals surface area contributed by atoms with Crippen molar-refractivity contribution in [1.29, 1.82) is 0 Å². The number of nitrogens with zero attached hydrogens (tertiary/aromatic N) is 2. The van der Waals surface area contributed by atoms with Gasteiger partial charge in [0.15, 0.2) is 0 Å². The second kappa shape index (κ2) is 8.20. The predicted molar refractivity (Wildman–Crippen MR) is 102 cm³/mol. The van der Waals surface area contributed by atoms with Crippen molar-refractivity contribution in [2.75, 3.05) is 6.54 Å². The van der Waals surface area contributed by atoms with E-state index in [4.69, 9.17) is 4.74 Å². The third-order valence-electron chi connectivity index (χ3n) is 4.51. The van der Waals surface area contributed by atoms with Gasteiger partial charge in [-0.15, -0.1) is 0 Å². The SMILES string of the molecule is CCNC(=O)[C@H]1Cc2ccccc2CN1C(=O)c1cccnc1OC(C)C. The molecule has 2 heterocycles. The summed E-state index contributed by atoms with van der Waals surface area (Å²) in [4.78, 5) is 31.9. The van der Waals surface area contributed by atoms with Crippen LogP contribution in [0.1, 0.15) is 42.3 Å². The van der Waals surface area contributed by atoms with E-state index in [9.17, 15) is 9.59 Å². The van der Waals surface area contributed by atoms with Gasteiger partial charge in [0, 0.05) is 25.7 Å². The summed E-state index contributed by atoms with van der Waals surface area (Å²) in [5.41, 5.74) is 2.53. The molecule has 1 aliphatic heterocycles. The maximum atomic E-state index is 13.4. The van der Waals surface area contributed by atoms with E-state index in [1.165, 1.54) is 0 Å². The highest BCUT2D eigenvalue weighted by Gasteiger charge is 2.36. The van der Waals surface area contributed by atoms with Crippen molar-refractivity contribution >= 4 is 11.8 Å². The van der Waals surface area contributed by atoms with Gasteiger partial charge < -0.3 is 15.0 Å². The number of carbonyl (C=O) groups excluding carboxylic acids is 2. The molecule has 1 aliphatic rings. The largest absolute Gasteiger partial charge is 0.474 e. The molecule has 0 fully saturated rings. The van der Waals surface area contributed by atoms with Crippen LogP contribution in [-0.4, -0.2) is 40.4 Å². The second-order valence-corrected chi connectivity index (χ2v) is 6.84. The monoisotopic (exact) mass is 367 g/mol. The number of benzene rings is 1. The normalized spacial score (nSPS) is 16.0. The number of ether oxygens (including phenoxy) is 1. The Kier molecular flexibility index (Phi) is 5.74. The molecule has 27 heavy (non-hydrogen) atoms. The average Bonchev–Trinajstić information content (AvgIpc) is 2.66. The number of carbonyl (C=O) groups is 2. The molecule has 1 aromatic heterocycles. The topological polar surface area (TPSA) is 71.5 Å². The van der Waals surface area contributed by atoms with E-state index in [1.54, 1.807) is 23.2 Å². The first-order chi connectivity index (χ1) is 13.0. The molecular formula is C21H25N3O3. The van der Waals surface area contributed by atoms with Gasteiger partial charge in [-0.3, -0.25) is 9.59 Å². The molecule has 142 valence electrons. The highest BCUT2D eigenvalue weighted by Crippen LogP contribution is 2.27. The minimum absolute atomic E-state index is 0.104. The molecule has 1 atom stereocenters. The summed E-state index contributed by atoms with van der Waals surface area (Å²) in [5.74, 6) is -0.0916. The Balaban J connectivity index is 1.97. The minimum atomic E-state index is -0.556. The molecule has 0 unspecified atom stereocenters. The lowest BCUT2D eigenvalue weighted by atomic mass is 9.93. The van der Waals surface area contributed by atoms with E-state index in [0.29, 0.717) is 31.0 Å². The number of aromatic nitrogens is 1. The van der Waals surface area contributed by atoms with Crippen molar-refractivity contribution in [1.82, 2.24) is 15.2 Å². The molecule has 1 aromatic carbocycles. The van der Waals surface area contributed by atoms with Crippen LogP contribution in [0.2, 0.25) is 0 Å². The van der Waals surface area contributed by atoms with Gasteiger partial charge in [-0.2, -0.15) is 0 Å². The third kappa shape index (κ3) is 4.10. The number of amides is 2. The summed E-state index contributed by atoms with van der Waals surface area (Å²) >= 11 is 0. The fraction of sp³-hybridized carbons (Fsp3) is 0.381. The molecule has 0 radical (unpaired) electrons. The Morgan fingerprint density at radius 1 is 1.22 bits per heavy atom. The van der Waals surface area contributed by atoms with E-state index in [2.05, 4.69) is 10.3 Å². The second-order valence-electron chi connectivity index (χ2n) is 6.84. The van der Waals surface area contributed by atoms with Gasteiger partial charge in [0.1, 0.15) is 11.6 Å². The van der Waals surface area contributed by atoms with Gasteiger partial charge in [0.2, 0.25) is 11.8 Å². The van der Waals surface area contributed by atoms with Crippen LogP contribution in [-0.2, 0) is 17.8 Å². The molecule has 2 amide bonds. The molecule has 6 nitrogen and oxygen atoms in total. The van der Waals surface area contributed by atoms with Gasteiger partial charge >= 0.3 is 0 Å². The van der Waals surface area contributed by atoms with Crippen molar-refractivity contribution in [3.8, 4) is 5.88 Å². The number of pyridine rings is 1. The Hall–Kier alpha value is -2.89. The molecule has 0 saturated carbocycles. The summed E-state index contributed by atoms with van der Waals surface area (Å²) in [6, 6.07) is 10.8. The summed E-state index contributed by atoms with van der Waals surface area (Å²) < 4.78 is 5.71. The summed E-state index contributed by atoms with van der Waals surface area (Å²) in [6.07, 6.45) is 1.99. The van der Waals surface area contributed by atoms with Gasteiger partial charge in [-0.05, 0) is 44.0 Å². The van der Waals surface area contributed by atoms with Crippen LogP contribution in [0.25, 0.3) is 0 Å². The first-order valence-electron chi connectivity index (χ1n) is 9.28. The van der Waals surface area contributed by atoms with E-state index in [0.717, 1.165) is 11.1 Å². The van der Waals surface area contributed by atoms with Crippen molar-refractivity contribution in [3.05, 3.63) is 59.3 Å². The summed E-state index contributed by atoms with van der Waals surface area (Å²) in [6.45, 7) is 6.55. The minimum Gasteiger partial charge on any atom is -0.474 e. The quantitative estimate of drug-likeness (QED) is 0.882. The Labute approximate surface area is 159 Å². The molecule has 3 rings (SSSR count). The summed E-state index contributed by atoms with van der Waals surface area (Å²) in [5, 5.41) is 2.85. The highest BCUT2D eigenvalue weighted by atomic mass is 16.5. The molecule has 0 spiro atoms. The van der Waals surface area contributed by atoms with Crippen molar-refractivity contribution in [2.45, 2.75) is 45.9 Å². The summed E-state index contributed by atoms with van der Waals surface area (Å²) in [7, 11) is 0. The Morgan fingerprint density at radius 2 is 1.96 bits per heavy atom. The van der Waals surface area contributed by atoms with Crippen LogP contribution < -0.4 is 10.1 Å². The first kappa shape index (κ1) is 18.9. The number of nitrogens with one attached hydrogen (secondary N) is 1. The molecular weight excluding hydrogens is 342 g/mol. The van der Waals surface area contributed by atoms with Gasteiger partial charge in [-0.25, -0.2) is 4.98 Å². The zero-order valence-electron chi connectivity index (χ0n) is 15.9. The van der Waals surface area contributed by atoms with Crippen LogP contribution in [0.5, 0.6) is 5.88 Å². The van der Waals surface area contributed by atoms with Crippen LogP contribution in [0.15, 0.2) is 42.6 Å². The lowest BCUT2D eigenvalue weighted by molar-refractivity contribution is -0.126. The van der Waals surface area contributed by atoms with Crippen LogP contribution in [0.4, 0.5) is 0 Å². The maximum absolute atomic E-state index is 13.4. The number of rotatable bonds is 5. The number of hydrogen-bond donors (Lipinski definition) is 1. The lowest BCUT2D eigenvalue weighted by Crippen LogP contribution is -2.52. The van der Waals surface area contributed by atoms with E-state index >= 15 is 0 Å². The zero-order chi connectivity index (χ0) is 19.4. The molecule has 2 aromatic rings. The van der Waals surface area contributed by atoms with Crippen molar-refractivity contribution in [3.63, 3.8) is 0 Å². The number of fused-ring (bicyclic) bond motifs is 1. The van der Waals surface area contributed by atoms with E-state index in [-0.39, 0.29) is 17.9 Å². The molecule has 0 saturated heterocycles. The molecule has 6 heteroatoms. The lowest BCUT2D eigenvalue weighted by Gasteiger charge is -2.36. The van der Waals surface area contributed by atoms with Gasteiger partial charge in [0.25, 0.3) is 5.91 Å². The van der Waals surface area contributed by atoms with E-state index in [1.807, 2.05) is 45.0 Å². The highest BCUT2D eigenvalue weighted by molar-refractivity contribution is 5.99. The van der Waals surface area contributed by atoms with Gasteiger partial charge in [-0.1, -0.05) is 24.3 Å². The van der Waals surface area contributed by atoms with Crippen molar-refractivity contribution in [2.24, 2.45) is 0 Å². The van der Waals surface area contributed by atoms with E-state index < -0.39 is 6.04 Å². The Morgan fingerprint density at radius 3 is 2.67 bits per heavy atom.